The molecular weight excluding hydrogens is 228 g/mol. The Hall–Kier alpha value is -1.69. The summed E-state index contributed by atoms with van der Waals surface area (Å²) >= 11 is 0. The minimum atomic E-state index is -0.873. The van der Waals surface area contributed by atoms with Crippen LogP contribution in [0.4, 0.5) is 8.78 Å². The fourth-order valence-electron chi connectivity index (χ4n) is 1.45. The van der Waals surface area contributed by atoms with Gasteiger partial charge in [-0.05, 0) is 12.6 Å². The summed E-state index contributed by atoms with van der Waals surface area (Å²) in [6.07, 6.45) is 0. The summed E-state index contributed by atoms with van der Waals surface area (Å²) < 4.78 is 26.4. The quantitative estimate of drug-likeness (QED) is 0.357. The summed E-state index contributed by atoms with van der Waals surface area (Å²) in [6, 6.07) is 4.02. The average molecular weight is 243 g/mol. The molecule has 0 aromatic heterocycles. The first-order chi connectivity index (χ1) is 8.08. The van der Waals surface area contributed by atoms with Gasteiger partial charge in [0.1, 0.15) is 0 Å². The first kappa shape index (κ1) is 13.4. The smallest absolute Gasteiger partial charge is 0.163 e. The zero-order chi connectivity index (χ0) is 12.8. The highest BCUT2D eigenvalue weighted by atomic mass is 19.2. The summed E-state index contributed by atoms with van der Waals surface area (Å²) in [5.41, 5.74) is 5.61. The number of nitrogens with two attached hydrogens (primary N) is 1. The topological polar surface area (TPSA) is 61.8 Å². The standard InChI is InChI=1S/C11H15F2N3O/c1-2-16(7-10(14)15-17)6-8-4-3-5-9(12)11(8)13/h3-5,17H,2,6-7H2,1H3,(H2,14,15). The van der Waals surface area contributed by atoms with E-state index in [9.17, 15) is 8.78 Å². The lowest BCUT2D eigenvalue weighted by Crippen LogP contribution is -2.33. The molecular formula is C11H15F2N3O. The highest BCUT2D eigenvalue weighted by Crippen LogP contribution is 2.13. The van der Waals surface area contributed by atoms with Gasteiger partial charge in [0.05, 0.1) is 6.54 Å². The number of benzene rings is 1. The number of hydrogen-bond donors (Lipinski definition) is 2. The Labute approximate surface area is 98.3 Å². The number of likely N-dealkylation sites (N-methyl/N-ethyl adjacent to an activating group) is 1. The number of oxime groups is 1. The number of halogens is 2. The van der Waals surface area contributed by atoms with Crippen LogP contribution in [0, 0.1) is 11.6 Å². The fraction of sp³-hybridized carbons (Fsp3) is 0.364. The van der Waals surface area contributed by atoms with Crippen LogP contribution in [0.15, 0.2) is 23.4 Å². The van der Waals surface area contributed by atoms with Crippen molar-refractivity contribution in [2.24, 2.45) is 10.9 Å². The molecule has 1 aromatic rings. The summed E-state index contributed by atoms with van der Waals surface area (Å²) in [4.78, 5) is 1.73. The van der Waals surface area contributed by atoms with Crippen LogP contribution in [0.3, 0.4) is 0 Å². The molecule has 1 aromatic carbocycles. The molecule has 17 heavy (non-hydrogen) atoms. The van der Waals surface area contributed by atoms with Crippen molar-refractivity contribution in [3.63, 3.8) is 0 Å². The maximum atomic E-state index is 13.4. The normalized spacial score (nSPS) is 12.1. The van der Waals surface area contributed by atoms with Gasteiger partial charge in [-0.25, -0.2) is 8.78 Å². The summed E-state index contributed by atoms with van der Waals surface area (Å²) in [5, 5.41) is 11.3. The molecule has 6 heteroatoms. The first-order valence-corrected chi connectivity index (χ1v) is 5.20. The molecule has 0 fully saturated rings. The monoisotopic (exact) mass is 243 g/mol. The van der Waals surface area contributed by atoms with Gasteiger partial charge in [0.15, 0.2) is 17.5 Å². The van der Waals surface area contributed by atoms with Crippen molar-refractivity contribution in [1.82, 2.24) is 4.90 Å². The number of hydrogen-bond acceptors (Lipinski definition) is 3. The van der Waals surface area contributed by atoms with E-state index >= 15 is 0 Å². The highest BCUT2D eigenvalue weighted by Gasteiger charge is 2.12. The molecule has 0 saturated heterocycles. The lowest BCUT2D eigenvalue weighted by molar-refractivity contribution is 0.291. The number of rotatable bonds is 5. The fourth-order valence-corrected chi connectivity index (χ4v) is 1.45. The summed E-state index contributed by atoms with van der Waals surface area (Å²) in [7, 11) is 0. The average Bonchev–Trinajstić information content (AvgIpc) is 2.33. The largest absolute Gasteiger partial charge is 0.409 e. The second-order valence-electron chi connectivity index (χ2n) is 3.61. The third-order valence-corrected chi connectivity index (χ3v) is 2.39. The Morgan fingerprint density at radius 2 is 2.18 bits per heavy atom. The molecule has 0 heterocycles. The molecule has 0 aliphatic carbocycles. The van der Waals surface area contributed by atoms with Crippen LogP contribution in [0.2, 0.25) is 0 Å². The molecule has 4 nitrogen and oxygen atoms in total. The molecule has 0 atom stereocenters. The van der Waals surface area contributed by atoms with Crippen LogP contribution in [-0.4, -0.2) is 29.0 Å². The third-order valence-electron chi connectivity index (χ3n) is 2.39. The van der Waals surface area contributed by atoms with E-state index in [0.29, 0.717) is 6.54 Å². The molecule has 0 spiro atoms. The van der Waals surface area contributed by atoms with Gasteiger partial charge in [-0.1, -0.05) is 24.2 Å². The lowest BCUT2D eigenvalue weighted by atomic mass is 10.2. The molecule has 1 rings (SSSR count). The highest BCUT2D eigenvalue weighted by molar-refractivity contribution is 5.81. The van der Waals surface area contributed by atoms with Crippen molar-refractivity contribution >= 4 is 5.84 Å². The predicted molar refractivity (Wildman–Crippen MR) is 60.7 cm³/mol. The first-order valence-electron chi connectivity index (χ1n) is 5.20. The minimum absolute atomic E-state index is 0.0312. The minimum Gasteiger partial charge on any atom is -0.409 e. The van der Waals surface area contributed by atoms with Crippen molar-refractivity contribution in [1.29, 1.82) is 0 Å². The van der Waals surface area contributed by atoms with Gasteiger partial charge >= 0.3 is 0 Å². The molecule has 0 saturated carbocycles. The van der Waals surface area contributed by atoms with Crippen LogP contribution < -0.4 is 5.73 Å². The molecule has 3 N–H and O–H groups in total. The molecule has 0 radical (unpaired) electrons. The van der Waals surface area contributed by atoms with Crippen LogP contribution >= 0.6 is 0 Å². The summed E-state index contributed by atoms with van der Waals surface area (Å²) in [6.45, 7) is 2.83. The third kappa shape index (κ3) is 3.67. The molecule has 94 valence electrons. The number of nitrogens with zero attached hydrogens (tertiary/aromatic N) is 2. The SMILES string of the molecule is CCN(CC(N)=NO)Cc1cccc(F)c1F. The van der Waals surface area contributed by atoms with E-state index in [0.717, 1.165) is 6.07 Å². The van der Waals surface area contributed by atoms with Gasteiger partial charge in [0.2, 0.25) is 0 Å². The van der Waals surface area contributed by atoms with Crippen molar-refractivity contribution in [3.8, 4) is 0 Å². The predicted octanol–water partition coefficient (Wildman–Crippen LogP) is 1.53. The van der Waals surface area contributed by atoms with Gasteiger partial charge in [-0.15, -0.1) is 0 Å². The Balaban J connectivity index is 2.77. The zero-order valence-electron chi connectivity index (χ0n) is 9.53. The van der Waals surface area contributed by atoms with Crippen LogP contribution in [-0.2, 0) is 6.54 Å². The van der Waals surface area contributed by atoms with E-state index in [4.69, 9.17) is 10.9 Å². The maximum Gasteiger partial charge on any atom is 0.163 e. The summed E-state index contributed by atoms with van der Waals surface area (Å²) in [5.74, 6) is -1.70. The van der Waals surface area contributed by atoms with E-state index in [-0.39, 0.29) is 24.5 Å². The molecule has 0 amide bonds. The number of amidine groups is 1. The molecule has 0 unspecified atom stereocenters. The van der Waals surface area contributed by atoms with Crippen molar-refractivity contribution in [2.45, 2.75) is 13.5 Å². The Morgan fingerprint density at radius 3 is 2.76 bits per heavy atom. The van der Waals surface area contributed by atoms with Gasteiger partial charge in [-0.2, -0.15) is 0 Å². The second kappa shape index (κ2) is 6.15. The Bertz CT molecular complexity index is 410. The van der Waals surface area contributed by atoms with Crippen molar-refractivity contribution in [2.75, 3.05) is 13.1 Å². The van der Waals surface area contributed by atoms with E-state index in [1.165, 1.54) is 12.1 Å². The Morgan fingerprint density at radius 1 is 1.47 bits per heavy atom. The lowest BCUT2D eigenvalue weighted by Gasteiger charge is -2.19. The van der Waals surface area contributed by atoms with Gasteiger partial charge in [0, 0.05) is 12.1 Å². The molecule has 0 aliphatic rings. The van der Waals surface area contributed by atoms with Gasteiger partial charge in [0.25, 0.3) is 0 Å². The van der Waals surface area contributed by atoms with Crippen LogP contribution in [0.5, 0.6) is 0 Å². The van der Waals surface area contributed by atoms with E-state index in [1.54, 1.807) is 4.90 Å². The van der Waals surface area contributed by atoms with E-state index < -0.39 is 11.6 Å². The van der Waals surface area contributed by atoms with Gasteiger partial charge < -0.3 is 10.9 Å². The van der Waals surface area contributed by atoms with E-state index in [2.05, 4.69) is 5.16 Å². The molecule has 0 bridgehead atoms. The van der Waals surface area contributed by atoms with Crippen molar-refractivity contribution in [3.05, 3.63) is 35.4 Å². The zero-order valence-corrected chi connectivity index (χ0v) is 9.53. The van der Waals surface area contributed by atoms with Gasteiger partial charge in [-0.3, -0.25) is 4.90 Å². The van der Waals surface area contributed by atoms with Crippen molar-refractivity contribution < 1.29 is 14.0 Å². The van der Waals surface area contributed by atoms with E-state index in [1.807, 2.05) is 6.92 Å². The second-order valence-corrected chi connectivity index (χ2v) is 3.61. The molecule has 0 aliphatic heterocycles. The van der Waals surface area contributed by atoms with Crippen LogP contribution in [0.25, 0.3) is 0 Å². The Kier molecular flexibility index (Phi) is 4.84. The maximum absolute atomic E-state index is 13.4. The van der Waals surface area contributed by atoms with Crippen LogP contribution in [0.1, 0.15) is 12.5 Å².